The molecule has 0 radical (unpaired) electrons. The zero-order valence-corrected chi connectivity index (χ0v) is 12.9. The lowest BCUT2D eigenvalue weighted by Crippen LogP contribution is -2.41. The average molecular weight is 285 g/mol. The fourth-order valence-corrected chi connectivity index (χ4v) is 2.00. The number of nitriles is 1. The number of nitrogens with zero attached hydrogens (tertiary/aromatic N) is 2. The maximum Gasteiger partial charge on any atom is 0.491 e. The zero-order valence-electron chi connectivity index (χ0n) is 12.9. The first-order valence-corrected chi connectivity index (χ1v) is 6.91. The van der Waals surface area contributed by atoms with Crippen LogP contribution in [0.3, 0.4) is 0 Å². The molecule has 0 bridgehead atoms. The second-order valence-electron chi connectivity index (χ2n) is 6.09. The lowest BCUT2D eigenvalue weighted by Gasteiger charge is -2.32. The predicted octanol–water partition coefficient (Wildman–Crippen LogP) is 1.93. The normalized spacial score (nSPS) is 20.4. The van der Waals surface area contributed by atoms with Crippen LogP contribution in [-0.4, -0.2) is 29.8 Å². The second-order valence-corrected chi connectivity index (χ2v) is 6.09. The molecule has 110 valence electrons. The first-order valence-electron chi connectivity index (χ1n) is 6.91. The molecule has 0 saturated carbocycles. The Morgan fingerprint density at radius 2 is 2.00 bits per heavy atom. The molecule has 0 spiro atoms. The molecule has 2 heterocycles. The van der Waals surface area contributed by atoms with Crippen LogP contribution in [0.1, 0.15) is 39.0 Å². The van der Waals surface area contributed by atoms with E-state index in [0.29, 0.717) is 17.8 Å². The van der Waals surface area contributed by atoms with E-state index in [4.69, 9.17) is 20.3 Å². The molecule has 1 aliphatic rings. The van der Waals surface area contributed by atoms with Crippen LogP contribution in [0.2, 0.25) is 0 Å². The third-order valence-electron chi connectivity index (χ3n) is 4.04. The monoisotopic (exact) mass is 285 g/mol. The number of pyridine rings is 1. The molecule has 1 aromatic rings. The number of hydrogen-bond donors (Lipinski definition) is 1. The van der Waals surface area contributed by atoms with Gasteiger partial charge < -0.3 is 15.0 Å². The Bertz CT molecular complexity index is 589. The van der Waals surface area contributed by atoms with E-state index in [2.05, 4.69) is 11.1 Å². The van der Waals surface area contributed by atoms with Crippen LogP contribution < -0.4 is 5.73 Å². The van der Waals surface area contributed by atoms with Crippen molar-refractivity contribution in [3.63, 3.8) is 0 Å². The Labute approximate surface area is 125 Å². The number of nitrogens with two attached hydrogens (primary N) is 1. The van der Waals surface area contributed by atoms with Crippen molar-refractivity contribution in [3.8, 4) is 6.07 Å². The third-order valence-corrected chi connectivity index (χ3v) is 4.04. The van der Waals surface area contributed by atoms with E-state index in [0.717, 1.165) is 5.47 Å². The minimum absolute atomic E-state index is 0.301. The van der Waals surface area contributed by atoms with Crippen LogP contribution in [-0.2, 0) is 9.31 Å². The zero-order chi connectivity index (χ0) is 15.7. The Morgan fingerprint density at radius 3 is 2.52 bits per heavy atom. The second kappa shape index (κ2) is 5.61. The van der Waals surface area contributed by atoms with E-state index in [-0.39, 0.29) is 0 Å². The summed E-state index contributed by atoms with van der Waals surface area (Å²) >= 11 is 0. The van der Waals surface area contributed by atoms with Crippen LogP contribution >= 0.6 is 0 Å². The highest BCUT2D eigenvalue weighted by Crippen LogP contribution is 2.38. The fourth-order valence-electron chi connectivity index (χ4n) is 2.00. The SMILES string of the molecule is CC1(C)OB(C(=Cc2cc(C#N)ccn2)CN)OC1(C)C. The molecule has 6 heteroatoms. The summed E-state index contributed by atoms with van der Waals surface area (Å²) in [6.45, 7) is 8.28. The molecule has 1 saturated heterocycles. The van der Waals surface area contributed by atoms with Crippen LogP contribution in [0.15, 0.2) is 23.8 Å². The quantitative estimate of drug-likeness (QED) is 0.858. The number of rotatable bonds is 3. The lowest BCUT2D eigenvalue weighted by atomic mass is 9.77. The molecule has 5 nitrogen and oxygen atoms in total. The van der Waals surface area contributed by atoms with Crippen molar-refractivity contribution in [2.45, 2.75) is 38.9 Å². The van der Waals surface area contributed by atoms with Crippen molar-refractivity contribution >= 4 is 13.2 Å². The Kier molecular flexibility index (Phi) is 4.19. The van der Waals surface area contributed by atoms with Gasteiger partial charge in [-0.3, -0.25) is 4.98 Å². The minimum atomic E-state index is -0.493. The fraction of sp³-hybridized carbons (Fsp3) is 0.467. The molecule has 2 N–H and O–H groups in total. The van der Waals surface area contributed by atoms with Gasteiger partial charge in [-0.25, -0.2) is 0 Å². The van der Waals surface area contributed by atoms with Crippen molar-refractivity contribution in [2.24, 2.45) is 5.73 Å². The van der Waals surface area contributed by atoms with Gasteiger partial charge in [0.05, 0.1) is 28.5 Å². The molecule has 1 aliphatic heterocycles. The standard InChI is InChI=1S/C15H20BN3O2/c1-14(2)15(3,4)21-16(20-14)12(10-18)8-13-7-11(9-17)5-6-19-13/h5-8H,10,18H2,1-4H3. The molecule has 1 fully saturated rings. The van der Waals surface area contributed by atoms with E-state index < -0.39 is 18.3 Å². The highest BCUT2D eigenvalue weighted by Gasteiger charge is 2.52. The Hall–Kier alpha value is -1.68. The van der Waals surface area contributed by atoms with E-state index in [9.17, 15) is 0 Å². The largest absolute Gasteiger partial charge is 0.491 e. The van der Waals surface area contributed by atoms with E-state index in [1.54, 1.807) is 18.3 Å². The maximum atomic E-state index is 8.93. The van der Waals surface area contributed by atoms with Crippen LogP contribution in [0.4, 0.5) is 0 Å². The number of aromatic nitrogens is 1. The van der Waals surface area contributed by atoms with Crippen molar-refractivity contribution in [2.75, 3.05) is 6.54 Å². The van der Waals surface area contributed by atoms with Crippen molar-refractivity contribution in [1.82, 2.24) is 4.98 Å². The van der Waals surface area contributed by atoms with E-state index in [1.165, 1.54) is 0 Å². The van der Waals surface area contributed by atoms with Gasteiger partial charge in [0, 0.05) is 12.7 Å². The molecule has 1 aromatic heterocycles. The molecular weight excluding hydrogens is 265 g/mol. The van der Waals surface area contributed by atoms with Gasteiger partial charge in [-0.15, -0.1) is 0 Å². The van der Waals surface area contributed by atoms with Gasteiger partial charge in [0.25, 0.3) is 0 Å². The molecule has 0 atom stereocenters. The van der Waals surface area contributed by atoms with Crippen LogP contribution in [0, 0.1) is 11.3 Å². The molecule has 0 aromatic carbocycles. The molecular formula is C15H20BN3O2. The summed E-state index contributed by atoms with van der Waals surface area (Å²) in [4.78, 5) is 4.23. The molecule has 0 aliphatic carbocycles. The average Bonchev–Trinajstić information content (AvgIpc) is 2.65. The minimum Gasteiger partial charge on any atom is -0.400 e. The first kappa shape index (κ1) is 15.7. The lowest BCUT2D eigenvalue weighted by molar-refractivity contribution is 0.00578. The highest BCUT2D eigenvalue weighted by molar-refractivity contribution is 6.55. The van der Waals surface area contributed by atoms with E-state index in [1.807, 2.05) is 33.8 Å². The molecule has 2 rings (SSSR count). The smallest absolute Gasteiger partial charge is 0.400 e. The van der Waals surface area contributed by atoms with Gasteiger partial charge in [0.2, 0.25) is 0 Å². The maximum absolute atomic E-state index is 8.93. The predicted molar refractivity (Wildman–Crippen MR) is 82.1 cm³/mol. The van der Waals surface area contributed by atoms with Crippen molar-refractivity contribution < 1.29 is 9.31 Å². The Balaban J connectivity index is 2.29. The summed E-state index contributed by atoms with van der Waals surface area (Å²) in [7, 11) is -0.493. The van der Waals surface area contributed by atoms with Crippen molar-refractivity contribution in [3.05, 3.63) is 35.1 Å². The summed E-state index contributed by atoms with van der Waals surface area (Å²) in [5.41, 5.74) is 7.04. The topological polar surface area (TPSA) is 81.2 Å². The summed E-state index contributed by atoms with van der Waals surface area (Å²) in [6, 6.07) is 5.46. The van der Waals surface area contributed by atoms with Gasteiger partial charge >= 0.3 is 7.12 Å². The summed E-state index contributed by atoms with van der Waals surface area (Å²) in [5.74, 6) is 0. The number of hydrogen-bond acceptors (Lipinski definition) is 5. The molecule has 0 unspecified atom stereocenters. The summed E-state index contributed by atoms with van der Waals surface area (Å²) in [5, 5.41) is 8.93. The summed E-state index contributed by atoms with van der Waals surface area (Å²) in [6.07, 6.45) is 3.42. The van der Waals surface area contributed by atoms with E-state index >= 15 is 0 Å². The van der Waals surface area contributed by atoms with Gasteiger partial charge in [-0.2, -0.15) is 5.26 Å². The molecule has 0 amide bonds. The van der Waals surface area contributed by atoms with Crippen LogP contribution in [0.25, 0.3) is 6.08 Å². The Morgan fingerprint density at radius 1 is 1.38 bits per heavy atom. The first-order chi connectivity index (χ1) is 9.79. The van der Waals surface area contributed by atoms with Gasteiger partial charge in [0.1, 0.15) is 0 Å². The summed E-state index contributed by atoms with van der Waals surface area (Å²) < 4.78 is 12.0. The third kappa shape index (κ3) is 3.16. The molecule has 21 heavy (non-hydrogen) atoms. The van der Waals surface area contributed by atoms with Gasteiger partial charge in [0.15, 0.2) is 0 Å². The highest BCUT2D eigenvalue weighted by atomic mass is 16.7. The van der Waals surface area contributed by atoms with Crippen molar-refractivity contribution in [1.29, 1.82) is 5.26 Å². The van der Waals surface area contributed by atoms with Gasteiger partial charge in [-0.05, 0) is 51.4 Å². The van der Waals surface area contributed by atoms with Crippen LogP contribution in [0.5, 0.6) is 0 Å². The van der Waals surface area contributed by atoms with Gasteiger partial charge in [-0.1, -0.05) is 0 Å².